The molecule has 0 unspecified atom stereocenters. The summed E-state index contributed by atoms with van der Waals surface area (Å²) in [5.41, 5.74) is 5.13. The number of anilines is 1. The summed E-state index contributed by atoms with van der Waals surface area (Å²) >= 11 is 0. The zero-order chi connectivity index (χ0) is 25.1. The second-order valence-corrected chi connectivity index (χ2v) is 10.7. The van der Waals surface area contributed by atoms with Gasteiger partial charge in [0.2, 0.25) is 10.0 Å². The minimum absolute atomic E-state index is 0. The Labute approximate surface area is 224 Å². The average Bonchev–Trinajstić information content (AvgIpc) is 2.90. The van der Waals surface area contributed by atoms with Crippen LogP contribution in [0.3, 0.4) is 0 Å². The molecule has 0 atom stereocenters. The molecule has 6 heteroatoms. The molecular weight excluding hydrogens is 488 g/mol. The van der Waals surface area contributed by atoms with Gasteiger partial charge in [0.25, 0.3) is 0 Å². The van der Waals surface area contributed by atoms with E-state index in [0.29, 0.717) is 19.5 Å². The van der Waals surface area contributed by atoms with Crippen LogP contribution in [0, 0.1) is 0 Å². The molecule has 0 fully saturated rings. The number of halogens is 1. The average molecular weight is 527 g/mol. The van der Waals surface area contributed by atoms with Crippen LogP contribution in [0.4, 0.5) is 5.69 Å². The number of nitrogens with zero attached hydrogens (tertiary/aromatic N) is 2. The van der Waals surface area contributed by atoms with Crippen molar-refractivity contribution in [1.82, 2.24) is 4.90 Å². The zero-order valence-corrected chi connectivity index (χ0v) is 23.3. The van der Waals surface area contributed by atoms with E-state index >= 15 is 0 Å². The normalized spacial score (nSPS) is 11.8. The highest BCUT2D eigenvalue weighted by molar-refractivity contribution is 7.92. The minimum Gasteiger partial charge on any atom is -0.302 e. The van der Waals surface area contributed by atoms with Crippen molar-refractivity contribution in [3.63, 3.8) is 0 Å². The van der Waals surface area contributed by atoms with Crippen molar-refractivity contribution in [3.8, 4) is 0 Å². The predicted molar refractivity (Wildman–Crippen MR) is 157 cm³/mol. The Hall–Kier alpha value is -2.60. The lowest BCUT2D eigenvalue weighted by Gasteiger charge is -2.28. The molecule has 0 aliphatic carbocycles. The van der Waals surface area contributed by atoms with Gasteiger partial charge >= 0.3 is 0 Å². The molecule has 0 aliphatic heterocycles. The van der Waals surface area contributed by atoms with E-state index in [1.165, 1.54) is 0 Å². The third-order valence-corrected chi connectivity index (χ3v) is 8.14. The fourth-order valence-electron chi connectivity index (χ4n) is 4.11. The lowest BCUT2D eigenvalue weighted by atomic mass is 9.95. The van der Waals surface area contributed by atoms with Crippen LogP contribution >= 0.6 is 12.4 Å². The molecule has 0 saturated heterocycles. The fourth-order valence-corrected chi connectivity index (χ4v) is 5.79. The van der Waals surface area contributed by atoms with Gasteiger partial charge in [0.15, 0.2) is 0 Å². The maximum Gasteiger partial charge on any atom is 0.235 e. The summed E-state index contributed by atoms with van der Waals surface area (Å²) < 4.78 is 28.1. The Morgan fingerprint density at radius 3 is 1.86 bits per heavy atom. The standard InChI is InChI=1S/C30H38N2O2S.ClH/c1-4-7-24-35(33,34)32(23-22-31(5-2)6-3)29-20-18-28(19-21-29)30(27-16-12-9-13-17-27)25-26-14-10-8-11-15-26;/h8-21,25H,4-7,22-24H2,1-3H3;1H. The molecule has 0 spiro atoms. The molecule has 0 saturated carbocycles. The fraction of sp³-hybridized carbons (Fsp3) is 0.333. The summed E-state index contributed by atoms with van der Waals surface area (Å²) in [7, 11) is -3.39. The third kappa shape index (κ3) is 8.22. The highest BCUT2D eigenvalue weighted by Gasteiger charge is 2.22. The first-order chi connectivity index (χ1) is 17.0. The lowest BCUT2D eigenvalue weighted by molar-refractivity contribution is 0.313. The van der Waals surface area contributed by atoms with Gasteiger partial charge in [-0.15, -0.1) is 12.4 Å². The molecule has 194 valence electrons. The van der Waals surface area contributed by atoms with Gasteiger partial charge in [-0.25, -0.2) is 8.42 Å². The van der Waals surface area contributed by atoms with Gasteiger partial charge in [-0.05, 0) is 60.0 Å². The summed E-state index contributed by atoms with van der Waals surface area (Å²) in [5, 5.41) is 0. The van der Waals surface area contributed by atoms with Crippen molar-refractivity contribution < 1.29 is 8.42 Å². The largest absolute Gasteiger partial charge is 0.302 e. The number of hydrogen-bond donors (Lipinski definition) is 0. The smallest absolute Gasteiger partial charge is 0.235 e. The Kier molecular flexibility index (Phi) is 12.2. The van der Waals surface area contributed by atoms with Crippen molar-refractivity contribution >= 4 is 39.8 Å². The van der Waals surface area contributed by atoms with Crippen molar-refractivity contribution in [2.24, 2.45) is 0 Å². The topological polar surface area (TPSA) is 40.6 Å². The molecule has 0 heterocycles. The van der Waals surface area contributed by atoms with E-state index in [-0.39, 0.29) is 18.2 Å². The van der Waals surface area contributed by atoms with Crippen molar-refractivity contribution in [3.05, 3.63) is 102 Å². The van der Waals surface area contributed by atoms with Crippen molar-refractivity contribution in [1.29, 1.82) is 0 Å². The summed E-state index contributed by atoms with van der Waals surface area (Å²) in [6.07, 6.45) is 3.70. The third-order valence-electron chi connectivity index (χ3n) is 6.27. The van der Waals surface area contributed by atoms with Crippen LogP contribution in [0.15, 0.2) is 84.9 Å². The van der Waals surface area contributed by atoms with Crippen molar-refractivity contribution in [2.45, 2.75) is 33.6 Å². The molecule has 0 bridgehead atoms. The number of likely N-dealkylation sites (N-methyl/N-ethyl adjacent to an activating group) is 1. The highest BCUT2D eigenvalue weighted by Crippen LogP contribution is 2.29. The second-order valence-electron chi connectivity index (χ2n) is 8.65. The molecule has 0 aromatic heterocycles. The number of hydrogen-bond acceptors (Lipinski definition) is 3. The summed E-state index contributed by atoms with van der Waals surface area (Å²) in [4.78, 5) is 2.26. The van der Waals surface area contributed by atoms with Gasteiger partial charge in [-0.3, -0.25) is 4.31 Å². The van der Waals surface area contributed by atoms with Crippen LogP contribution in [0.2, 0.25) is 0 Å². The van der Waals surface area contributed by atoms with E-state index in [0.717, 1.165) is 47.5 Å². The van der Waals surface area contributed by atoms with E-state index in [1.807, 2.05) is 67.6 Å². The molecule has 36 heavy (non-hydrogen) atoms. The number of rotatable bonds is 13. The Morgan fingerprint density at radius 1 is 0.750 bits per heavy atom. The van der Waals surface area contributed by atoms with E-state index in [2.05, 4.69) is 49.1 Å². The van der Waals surface area contributed by atoms with Crippen LogP contribution in [0.5, 0.6) is 0 Å². The molecule has 4 nitrogen and oxygen atoms in total. The lowest BCUT2D eigenvalue weighted by Crippen LogP contribution is -2.40. The molecule has 3 aromatic carbocycles. The van der Waals surface area contributed by atoms with Crippen LogP contribution in [0.25, 0.3) is 11.6 Å². The zero-order valence-electron chi connectivity index (χ0n) is 21.6. The quantitative estimate of drug-likeness (QED) is 0.226. The maximum absolute atomic E-state index is 13.3. The molecule has 3 rings (SSSR count). The predicted octanol–water partition coefficient (Wildman–Crippen LogP) is 6.98. The summed E-state index contributed by atoms with van der Waals surface area (Å²) in [5.74, 6) is 0.173. The molecular formula is C30H39ClN2O2S. The van der Waals surface area contributed by atoms with Crippen LogP contribution < -0.4 is 4.31 Å². The first kappa shape index (κ1) is 29.6. The number of benzene rings is 3. The van der Waals surface area contributed by atoms with Gasteiger partial charge in [0, 0.05) is 13.1 Å². The molecule has 3 aromatic rings. The Bertz CT molecular complexity index is 1160. The van der Waals surface area contributed by atoms with E-state index < -0.39 is 10.0 Å². The monoisotopic (exact) mass is 526 g/mol. The maximum atomic E-state index is 13.3. The van der Waals surface area contributed by atoms with Gasteiger partial charge in [0.1, 0.15) is 0 Å². The molecule has 0 aliphatic rings. The van der Waals surface area contributed by atoms with Gasteiger partial charge in [0.05, 0.1) is 11.4 Å². The first-order valence-corrected chi connectivity index (χ1v) is 14.2. The number of unbranched alkanes of at least 4 members (excludes halogenated alkanes) is 1. The first-order valence-electron chi connectivity index (χ1n) is 12.6. The summed E-state index contributed by atoms with van der Waals surface area (Å²) in [6.45, 7) is 9.22. The molecule has 0 N–H and O–H groups in total. The second kappa shape index (κ2) is 14.8. The van der Waals surface area contributed by atoms with Crippen LogP contribution in [-0.2, 0) is 10.0 Å². The Morgan fingerprint density at radius 2 is 1.31 bits per heavy atom. The van der Waals surface area contributed by atoms with Crippen molar-refractivity contribution in [2.75, 3.05) is 36.2 Å². The molecule has 0 amide bonds. The van der Waals surface area contributed by atoms with Crippen LogP contribution in [0.1, 0.15) is 50.3 Å². The summed E-state index contributed by atoms with van der Waals surface area (Å²) in [6, 6.07) is 28.5. The van der Waals surface area contributed by atoms with E-state index in [9.17, 15) is 8.42 Å². The van der Waals surface area contributed by atoms with Crippen LogP contribution in [-0.4, -0.2) is 45.2 Å². The van der Waals surface area contributed by atoms with E-state index in [4.69, 9.17) is 0 Å². The Balaban J connectivity index is 0.00000456. The minimum atomic E-state index is -3.39. The molecule has 0 radical (unpaired) electrons. The van der Waals surface area contributed by atoms with Gasteiger partial charge < -0.3 is 4.90 Å². The SMILES string of the molecule is CCCCS(=O)(=O)N(CCN(CC)CC)c1ccc(C(=Cc2ccccc2)c2ccccc2)cc1.Cl. The van der Waals surface area contributed by atoms with E-state index in [1.54, 1.807) is 4.31 Å². The number of sulfonamides is 1. The highest BCUT2D eigenvalue weighted by atomic mass is 35.5. The van der Waals surface area contributed by atoms with Gasteiger partial charge in [-0.2, -0.15) is 0 Å². The van der Waals surface area contributed by atoms with Gasteiger partial charge in [-0.1, -0.05) is 100.0 Å².